The van der Waals surface area contributed by atoms with Crippen molar-refractivity contribution in [3.63, 3.8) is 0 Å². The van der Waals surface area contributed by atoms with E-state index >= 15 is 0 Å². The fourth-order valence-electron chi connectivity index (χ4n) is 2.61. The molecule has 5 heteroatoms. The van der Waals surface area contributed by atoms with Crippen LogP contribution in [0.4, 0.5) is 11.4 Å². The van der Waals surface area contributed by atoms with Crippen molar-refractivity contribution in [1.82, 2.24) is 4.98 Å². The Labute approximate surface area is 158 Å². The largest absolute Gasteiger partial charge is 0.381 e. The average Bonchev–Trinajstić information content (AvgIpc) is 2.64. The molecule has 26 heavy (non-hydrogen) atoms. The number of carbonyl (C=O) groups is 1. The number of nitrogens with zero attached hydrogens (tertiary/aromatic N) is 1. The number of amides is 1. The maximum absolute atomic E-state index is 12.5. The van der Waals surface area contributed by atoms with Gasteiger partial charge in [-0.3, -0.25) is 9.78 Å². The molecule has 1 amide bonds. The number of rotatable bonds is 5. The summed E-state index contributed by atoms with van der Waals surface area (Å²) in [5, 5.41) is 6.92. The second-order valence-electron chi connectivity index (χ2n) is 6.18. The second-order valence-corrected chi connectivity index (χ2v) is 6.62. The van der Waals surface area contributed by atoms with Gasteiger partial charge in [-0.15, -0.1) is 0 Å². The van der Waals surface area contributed by atoms with E-state index in [-0.39, 0.29) is 5.91 Å². The summed E-state index contributed by atoms with van der Waals surface area (Å²) in [5.41, 5.74) is 5.28. The molecular formula is C21H20ClN3O. The number of aromatic nitrogens is 1. The molecule has 0 fully saturated rings. The van der Waals surface area contributed by atoms with Gasteiger partial charge in [-0.1, -0.05) is 41.4 Å². The van der Waals surface area contributed by atoms with Crippen LogP contribution in [-0.4, -0.2) is 10.9 Å². The van der Waals surface area contributed by atoms with Crippen molar-refractivity contribution >= 4 is 28.9 Å². The van der Waals surface area contributed by atoms with E-state index < -0.39 is 0 Å². The first-order valence-electron chi connectivity index (χ1n) is 8.34. The van der Waals surface area contributed by atoms with Gasteiger partial charge in [0, 0.05) is 29.1 Å². The summed E-state index contributed by atoms with van der Waals surface area (Å²) in [6.07, 6.45) is 1.63. The fourth-order valence-corrected chi connectivity index (χ4v) is 2.74. The molecule has 0 saturated carbocycles. The summed E-state index contributed by atoms with van der Waals surface area (Å²) >= 11 is 5.90. The van der Waals surface area contributed by atoms with E-state index in [2.05, 4.69) is 15.6 Å². The molecule has 0 atom stereocenters. The zero-order valence-electron chi connectivity index (χ0n) is 14.7. The van der Waals surface area contributed by atoms with Gasteiger partial charge in [0.15, 0.2) is 0 Å². The Morgan fingerprint density at radius 1 is 1.04 bits per heavy atom. The van der Waals surface area contributed by atoms with E-state index in [0.717, 1.165) is 28.1 Å². The van der Waals surface area contributed by atoms with Gasteiger partial charge in [-0.2, -0.15) is 0 Å². The molecule has 3 rings (SSSR count). The van der Waals surface area contributed by atoms with Crippen molar-refractivity contribution < 1.29 is 4.79 Å². The number of hydrogen-bond acceptors (Lipinski definition) is 3. The van der Waals surface area contributed by atoms with Gasteiger partial charge < -0.3 is 10.6 Å². The second kappa shape index (κ2) is 8.02. The number of benzene rings is 2. The lowest BCUT2D eigenvalue weighted by Gasteiger charge is -2.10. The maximum atomic E-state index is 12.5. The normalized spacial score (nSPS) is 10.4. The number of carbonyl (C=O) groups excluding carboxylic acids is 1. The minimum absolute atomic E-state index is 0.230. The molecule has 2 aromatic carbocycles. The molecule has 0 aliphatic heterocycles. The van der Waals surface area contributed by atoms with E-state index in [4.69, 9.17) is 11.6 Å². The lowest BCUT2D eigenvalue weighted by Crippen LogP contribution is -2.15. The highest BCUT2D eigenvalue weighted by Crippen LogP contribution is 2.18. The van der Waals surface area contributed by atoms with Crippen LogP contribution in [0.3, 0.4) is 0 Å². The van der Waals surface area contributed by atoms with Crippen LogP contribution in [-0.2, 0) is 6.54 Å². The molecule has 4 nitrogen and oxygen atoms in total. The van der Waals surface area contributed by atoms with Crippen molar-refractivity contribution in [2.75, 3.05) is 10.6 Å². The SMILES string of the molecule is Cc1ccc(NC(=O)c2cc(NCc3ccc(Cl)cc3)ccn2)c(C)c1. The van der Waals surface area contributed by atoms with Crippen LogP contribution >= 0.6 is 11.6 Å². The third-order valence-electron chi connectivity index (χ3n) is 4.03. The van der Waals surface area contributed by atoms with Gasteiger partial charge in [0.1, 0.15) is 5.69 Å². The molecule has 1 aromatic heterocycles. The molecule has 0 spiro atoms. The fraction of sp³-hybridized carbons (Fsp3) is 0.143. The Kier molecular flexibility index (Phi) is 5.54. The first-order valence-corrected chi connectivity index (χ1v) is 8.72. The Bertz CT molecular complexity index is 923. The highest BCUT2D eigenvalue weighted by molar-refractivity contribution is 6.30. The predicted octanol–water partition coefficient (Wildman–Crippen LogP) is 5.22. The minimum Gasteiger partial charge on any atom is -0.381 e. The highest BCUT2D eigenvalue weighted by atomic mass is 35.5. The Hall–Kier alpha value is -2.85. The first-order chi connectivity index (χ1) is 12.5. The van der Waals surface area contributed by atoms with Crippen molar-refractivity contribution in [2.24, 2.45) is 0 Å². The van der Waals surface area contributed by atoms with Gasteiger partial charge in [0.2, 0.25) is 0 Å². The van der Waals surface area contributed by atoms with Crippen LogP contribution in [0.5, 0.6) is 0 Å². The molecular weight excluding hydrogens is 346 g/mol. The quantitative estimate of drug-likeness (QED) is 0.652. The van der Waals surface area contributed by atoms with E-state index in [9.17, 15) is 4.79 Å². The van der Waals surface area contributed by atoms with Crippen LogP contribution < -0.4 is 10.6 Å². The predicted molar refractivity (Wildman–Crippen MR) is 107 cm³/mol. The molecule has 0 saturated heterocycles. The topological polar surface area (TPSA) is 54.0 Å². The Balaban J connectivity index is 1.67. The molecule has 0 unspecified atom stereocenters. The monoisotopic (exact) mass is 365 g/mol. The Morgan fingerprint density at radius 2 is 1.81 bits per heavy atom. The summed E-state index contributed by atoms with van der Waals surface area (Å²) in [6.45, 7) is 4.63. The van der Waals surface area contributed by atoms with E-state index in [1.165, 1.54) is 0 Å². The molecule has 2 N–H and O–H groups in total. The molecule has 3 aromatic rings. The van der Waals surface area contributed by atoms with Gasteiger partial charge in [-0.05, 0) is 55.3 Å². The van der Waals surface area contributed by atoms with Crippen molar-refractivity contribution in [3.05, 3.63) is 88.2 Å². The molecule has 0 bridgehead atoms. The number of nitrogens with one attached hydrogen (secondary N) is 2. The number of pyridine rings is 1. The van der Waals surface area contributed by atoms with Crippen LogP contribution in [0.25, 0.3) is 0 Å². The third-order valence-corrected chi connectivity index (χ3v) is 4.28. The zero-order valence-corrected chi connectivity index (χ0v) is 15.5. The van der Waals surface area contributed by atoms with E-state index in [1.807, 2.05) is 62.4 Å². The molecule has 132 valence electrons. The zero-order chi connectivity index (χ0) is 18.5. The summed E-state index contributed by atoms with van der Waals surface area (Å²) in [5.74, 6) is -0.230. The number of halogens is 1. The highest BCUT2D eigenvalue weighted by Gasteiger charge is 2.10. The lowest BCUT2D eigenvalue weighted by atomic mass is 10.1. The van der Waals surface area contributed by atoms with Gasteiger partial charge in [0.05, 0.1) is 0 Å². The van der Waals surface area contributed by atoms with Crippen LogP contribution in [0.2, 0.25) is 5.02 Å². The van der Waals surface area contributed by atoms with E-state index in [0.29, 0.717) is 17.3 Å². The summed E-state index contributed by atoms with van der Waals surface area (Å²) in [6, 6.07) is 17.1. The van der Waals surface area contributed by atoms with Crippen LogP contribution in [0, 0.1) is 13.8 Å². The summed E-state index contributed by atoms with van der Waals surface area (Å²) in [7, 11) is 0. The standard InChI is InChI=1S/C21H20ClN3O/c1-14-3-8-19(15(2)11-14)25-21(26)20-12-18(9-10-23-20)24-13-16-4-6-17(22)7-5-16/h3-12H,13H2,1-2H3,(H,23,24)(H,25,26). The number of hydrogen-bond donors (Lipinski definition) is 2. The minimum atomic E-state index is -0.230. The first kappa shape index (κ1) is 18.0. The maximum Gasteiger partial charge on any atom is 0.274 e. The number of aryl methyl sites for hydroxylation is 2. The third kappa shape index (κ3) is 4.61. The summed E-state index contributed by atoms with van der Waals surface area (Å²) < 4.78 is 0. The van der Waals surface area contributed by atoms with Crippen molar-refractivity contribution in [1.29, 1.82) is 0 Å². The molecule has 0 aliphatic carbocycles. The van der Waals surface area contributed by atoms with Gasteiger partial charge in [0.25, 0.3) is 5.91 Å². The molecule has 1 heterocycles. The van der Waals surface area contributed by atoms with Crippen molar-refractivity contribution in [3.8, 4) is 0 Å². The average molecular weight is 366 g/mol. The number of anilines is 2. The van der Waals surface area contributed by atoms with Gasteiger partial charge in [-0.25, -0.2) is 0 Å². The van der Waals surface area contributed by atoms with Crippen LogP contribution in [0.1, 0.15) is 27.2 Å². The van der Waals surface area contributed by atoms with Crippen molar-refractivity contribution in [2.45, 2.75) is 20.4 Å². The smallest absolute Gasteiger partial charge is 0.274 e. The van der Waals surface area contributed by atoms with Gasteiger partial charge >= 0.3 is 0 Å². The van der Waals surface area contributed by atoms with E-state index in [1.54, 1.807) is 12.3 Å². The lowest BCUT2D eigenvalue weighted by molar-refractivity contribution is 0.102. The van der Waals surface area contributed by atoms with Crippen LogP contribution in [0.15, 0.2) is 60.8 Å². The molecule has 0 radical (unpaired) electrons. The Morgan fingerprint density at radius 3 is 2.54 bits per heavy atom. The summed E-state index contributed by atoms with van der Waals surface area (Å²) in [4.78, 5) is 16.7. The molecule has 0 aliphatic rings.